The molecule has 0 amide bonds. The number of benzene rings is 3. The smallest absolute Gasteiger partial charge is 0.123 e. The lowest BCUT2D eigenvalue weighted by Crippen LogP contribution is -2.38. The van der Waals surface area contributed by atoms with Gasteiger partial charge in [0, 0.05) is 34.2 Å². The Bertz CT molecular complexity index is 1050. The lowest BCUT2D eigenvalue weighted by molar-refractivity contribution is 0.170. The molecule has 3 aromatic carbocycles. The van der Waals surface area contributed by atoms with Crippen LogP contribution in [0.15, 0.2) is 84.0 Å². The zero-order valence-corrected chi connectivity index (χ0v) is 20.1. The molecule has 1 atom stereocenters. The van der Waals surface area contributed by atoms with Gasteiger partial charge in [-0.3, -0.25) is 4.90 Å². The Labute approximate surface area is 197 Å². The second-order valence-corrected chi connectivity index (χ2v) is 8.86. The standard InChI is InChI=1S/C28H34N4O/c1-21(2)32(22(3)4)18-17-26(24-12-6-5-7-13-24)27-15-8-9-16-28(27)33-20-23-11-10-14-25(19-23)30-31-29/h5-16,19,21-22,26H,17-18,20H2,1-4H3. The van der Waals surface area contributed by atoms with Crippen LogP contribution < -0.4 is 4.74 Å². The summed E-state index contributed by atoms with van der Waals surface area (Å²) in [6, 6.07) is 27.5. The number of para-hydroxylation sites is 1. The Morgan fingerprint density at radius 2 is 1.58 bits per heavy atom. The second-order valence-electron chi connectivity index (χ2n) is 8.86. The molecule has 5 nitrogen and oxygen atoms in total. The van der Waals surface area contributed by atoms with Gasteiger partial charge in [-0.2, -0.15) is 0 Å². The zero-order chi connectivity index (χ0) is 23.6. The van der Waals surface area contributed by atoms with E-state index in [1.54, 1.807) is 6.07 Å². The maximum atomic E-state index is 8.71. The van der Waals surface area contributed by atoms with Crippen molar-refractivity contribution < 1.29 is 4.74 Å². The molecule has 1 unspecified atom stereocenters. The van der Waals surface area contributed by atoms with E-state index in [2.05, 4.69) is 85.1 Å². The van der Waals surface area contributed by atoms with Crippen LogP contribution in [0.25, 0.3) is 10.4 Å². The average molecular weight is 443 g/mol. The van der Waals surface area contributed by atoms with Crippen molar-refractivity contribution in [3.63, 3.8) is 0 Å². The van der Waals surface area contributed by atoms with Crippen LogP contribution in [-0.2, 0) is 6.61 Å². The molecular formula is C28H34N4O. The van der Waals surface area contributed by atoms with Crippen molar-refractivity contribution in [3.8, 4) is 5.75 Å². The van der Waals surface area contributed by atoms with Crippen molar-refractivity contribution in [2.45, 2.75) is 58.7 Å². The van der Waals surface area contributed by atoms with Gasteiger partial charge in [-0.15, -0.1) is 0 Å². The number of hydrogen-bond donors (Lipinski definition) is 0. The summed E-state index contributed by atoms with van der Waals surface area (Å²) < 4.78 is 6.31. The van der Waals surface area contributed by atoms with E-state index in [-0.39, 0.29) is 5.92 Å². The number of ether oxygens (including phenoxy) is 1. The monoisotopic (exact) mass is 442 g/mol. The normalized spacial score (nSPS) is 12.1. The van der Waals surface area contributed by atoms with Gasteiger partial charge in [-0.05, 0) is 69.5 Å². The van der Waals surface area contributed by atoms with Crippen LogP contribution in [-0.4, -0.2) is 23.5 Å². The first kappa shape index (κ1) is 24.4. The number of rotatable bonds is 11. The molecule has 3 aromatic rings. The van der Waals surface area contributed by atoms with E-state index in [9.17, 15) is 0 Å². The molecule has 3 rings (SSSR count). The summed E-state index contributed by atoms with van der Waals surface area (Å²) in [6.07, 6.45) is 1.01. The van der Waals surface area contributed by atoms with Crippen molar-refractivity contribution in [1.29, 1.82) is 0 Å². The predicted molar refractivity (Wildman–Crippen MR) is 136 cm³/mol. The molecule has 0 spiro atoms. The fourth-order valence-electron chi connectivity index (χ4n) is 4.40. The van der Waals surface area contributed by atoms with Crippen LogP contribution in [0.2, 0.25) is 0 Å². The lowest BCUT2D eigenvalue weighted by Gasteiger charge is -2.32. The summed E-state index contributed by atoms with van der Waals surface area (Å²) >= 11 is 0. The van der Waals surface area contributed by atoms with Crippen molar-refractivity contribution >= 4 is 5.69 Å². The zero-order valence-electron chi connectivity index (χ0n) is 20.1. The third kappa shape index (κ3) is 6.85. The third-order valence-corrected chi connectivity index (χ3v) is 5.96. The summed E-state index contributed by atoms with van der Waals surface area (Å²) in [5.74, 6) is 1.12. The van der Waals surface area contributed by atoms with Crippen molar-refractivity contribution in [3.05, 3.63) is 106 Å². The van der Waals surface area contributed by atoms with Crippen molar-refractivity contribution in [2.24, 2.45) is 5.11 Å². The Balaban J connectivity index is 1.87. The first-order valence-electron chi connectivity index (χ1n) is 11.7. The Morgan fingerprint density at radius 1 is 0.879 bits per heavy atom. The molecule has 0 N–H and O–H groups in total. The fraction of sp³-hybridized carbons (Fsp3) is 0.357. The second kappa shape index (κ2) is 12.1. The number of nitrogens with zero attached hydrogens (tertiary/aromatic N) is 4. The van der Waals surface area contributed by atoms with Crippen LogP contribution in [0, 0.1) is 0 Å². The van der Waals surface area contributed by atoms with Gasteiger partial charge in [0.25, 0.3) is 0 Å². The summed E-state index contributed by atoms with van der Waals surface area (Å²) in [6.45, 7) is 10.5. The highest BCUT2D eigenvalue weighted by atomic mass is 16.5. The van der Waals surface area contributed by atoms with E-state index in [4.69, 9.17) is 10.3 Å². The van der Waals surface area contributed by atoms with E-state index in [0.29, 0.717) is 24.4 Å². The Kier molecular flexibility index (Phi) is 8.94. The molecule has 0 saturated heterocycles. The molecule has 0 aliphatic heterocycles. The minimum absolute atomic E-state index is 0.233. The highest BCUT2D eigenvalue weighted by Crippen LogP contribution is 2.35. The topological polar surface area (TPSA) is 61.2 Å². The van der Waals surface area contributed by atoms with Crippen LogP contribution in [0.4, 0.5) is 5.69 Å². The molecule has 0 aliphatic rings. The van der Waals surface area contributed by atoms with Crippen LogP contribution in [0.3, 0.4) is 0 Å². The van der Waals surface area contributed by atoms with E-state index in [0.717, 1.165) is 24.3 Å². The summed E-state index contributed by atoms with van der Waals surface area (Å²) in [4.78, 5) is 5.42. The molecular weight excluding hydrogens is 408 g/mol. The summed E-state index contributed by atoms with van der Waals surface area (Å²) in [5, 5.41) is 3.70. The van der Waals surface area contributed by atoms with Crippen LogP contribution in [0.5, 0.6) is 5.75 Å². The van der Waals surface area contributed by atoms with E-state index < -0.39 is 0 Å². The first-order valence-corrected chi connectivity index (χ1v) is 11.7. The van der Waals surface area contributed by atoms with Gasteiger partial charge >= 0.3 is 0 Å². The van der Waals surface area contributed by atoms with Crippen LogP contribution >= 0.6 is 0 Å². The SMILES string of the molecule is CC(C)N(CCC(c1ccccc1)c1ccccc1OCc1cccc(N=[N+]=[N-])c1)C(C)C. The lowest BCUT2D eigenvalue weighted by atomic mass is 9.87. The largest absolute Gasteiger partial charge is 0.489 e. The van der Waals surface area contributed by atoms with E-state index in [1.165, 1.54) is 11.1 Å². The Hall–Kier alpha value is -3.27. The molecule has 172 valence electrons. The molecule has 0 bridgehead atoms. The minimum atomic E-state index is 0.233. The molecule has 33 heavy (non-hydrogen) atoms. The van der Waals surface area contributed by atoms with Crippen molar-refractivity contribution in [1.82, 2.24) is 4.90 Å². The minimum Gasteiger partial charge on any atom is -0.489 e. The van der Waals surface area contributed by atoms with E-state index >= 15 is 0 Å². The number of azide groups is 1. The quantitative estimate of drug-likeness (QED) is 0.172. The third-order valence-electron chi connectivity index (χ3n) is 5.96. The van der Waals surface area contributed by atoms with Crippen LogP contribution in [0.1, 0.15) is 56.7 Å². The molecule has 0 radical (unpaired) electrons. The average Bonchev–Trinajstić information content (AvgIpc) is 2.81. The molecule has 0 saturated carbocycles. The summed E-state index contributed by atoms with van der Waals surface area (Å²) in [5.41, 5.74) is 12.8. The first-order chi connectivity index (χ1) is 16.0. The molecule has 0 aliphatic carbocycles. The maximum Gasteiger partial charge on any atom is 0.123 e. The molecule has 0 fully saturated rings. The molecule has 5 heteroatoms. The van der Waals surface area contributed by atoms with Gasteiger partial charge < -0.3 is 4.74 Å². The molecule has 0 heterocycles. The van der Waals surface area contributed by atoms with E-state index in [1.807, 2.05) is 30.3 Å². The van der Waals surface area contributed by atoms with Gasteiger partial charge in [0.1, 0.15) is 12.4 Å². The van der Waals surface area contributed by atoms with Gasteiger partial charge in [0.2, 0.25) is 0 Å². The molecule has 0 aromatic heterocycles. The number of hydrogen-bond acceptors (Lipinski definition) is 3. The highest BCUT2D eigenvalue weighted by Gasteiger charge is 2.21. The highest BCUT2D eigenvalue weighted by molar-refractivity contribution is 5.43. The van der Waals surface area contributed by atoms with Gasteiger partial charge in [0.15, 0.2) is 0 Å². The van der Waals surface area contributed by atoms with Gasteiger partial charge in [-0.25, -0.2) is 0 Å². The maximum absolute atomic E-state index is 8.71. The predicted octanol–water partition coefficient (Wildman–Crippen LogP) is 7.85. The Morgan fingerprint density at radius 3 is 2.27 bits per heavy atom. The van der Waals surface area contributed by atoms with Crippen molar-refractivity contribution in [2.75, 3.05) is 6.54 Å². The fourth-order valence-corrected chi connectivity index (χ4v) is 4.40. The van der Waals surface area contributed by atoms with Gasteiger partial charge in [-0.1, -0.05) is 71.8 Å². The summed E-state index contributed by atoms with van der Waals surface area (Å²) in [7, 11) is 0. The van der Waals surface area contributed by atoms with Gasteiger partial charge in [0.05, 0.1) is 0 Å².